The molecule has 0 aliphatic carbocycles. The van der Waals surface area contributed by atoms with Crippen molar-refractivity contribution >= 4 is 27.5 Å². The first-order valence-corrected chi connectivity index (χ1v) is 8.44. The predicted octanol–water partition coefficient (Wildman–Crippen LogP) is 3.79. The van der Waals surface area contributed by atoms with E-state index in [9.17, 15) is 4.79 Å². The van der Waals surface area contributed by atoms with Gasteiger partial charge in [-0.25, -0.2) is 9.97 Å². The summed E-state index contributed by atoms with van der Waals surface area (Å²) in [5, 5.41) is 4.04. The van der Waals surface area contributed by atoms with Crippen molar-refractivity contribution in [3.8, 4) is 0 Å². The number of nitrogens with zero attached hydrogens (tertiary/aromatic N) is 2. The van der Waals surface area contributed by atoms with Crippen LogP contribution in [0.3, 0.4) is 0 Å². The van der Waals surface area contributed by atoms with Gasteiger partial charge >= 0.3 is 0 Å². The molecule has 2 aromatic rings. The topological polar surface area (TPSA) is 54.9 Å². The number of amides is 1. The number of hydrogen-bond acceptors (Lipinski definition) is 4. The fourth-order valence-corrected chi connectivity index (χ4v) is 3.59. The maximum Gasteiger partial charge on any atom is 0.261 e. The average molecular weight is 305 g/mol. The largest absolute Gasteiger partial charge is 0.351 e. The van der Waals surface area contributed by atoms with Gasteiger partial charge in [-0.1, -0.05) is 26.7 Å². The van der Waals surface area contributed by atoms with Gasteiger partial charge in [0, 0.05) is 24.0 Å². The maximum absolute atomic E-state index is 12.3. The van der Waals surface area contributed by atoms with Gasteiger partial charge in [0.1, 0.15) is 10.7 Å². The molecule has 0 fully saturated rings. The lowest BCUT2D eigenvalue weighted by atomic mass is 10.1. The second-order valence-electron chi connectivity index (χ2n) is 5.28. The molecule has 2 rings (SSSR count). The van der Waals surface area contributed by atoms with Crippen LogP contribution in [0.2, 0.25) is 0 Å². The van der Waals surface area contributed by atoms with Gasteiger partial charge in [-0.15, -0.1) is 11.3 Å². The Morgan fingerprint density at radius 1 is 1.19 bits per heavy atom. The molecule has 0 aromatic carbocycles. The van der Waals surface area contributed by atoms with Crippen LogP contribution >= 0.6 is 11.3 Å². The molecule has 0 aliphatic rings. The predicted molar refractivity (Wildman–Crippen MR) is 88.1 cm³/mol. The van der Waals surface area contributed by atoms with Crippen molar-refractivity contribution in [3.63, 3.8) is 0 Å². The molecule has 5 heteroatoms. The Bertz CT molecular complexity index is 648. The van der Waals surface area contributed by atoms with Crippen LogP contribution in [0.4, 0.5) is 0 Å². The molecule has 21 heavy (non-hydrogen) atoms. The van der Waals surface area contributed by atoms with Crippen LogP contribution in [-0.2, 0) is 6.42 Å². The Hall–Kier alpha value is -1.49. The molecule has 0 spiro atoms. The number of nitrogens with one attached hydrogen (secondary N) is 1. The standard InChI is InChI=1S/C16H23N3OS/c1-5-7-8-9-17-15(20)14-10(3)13-11(4)18-12(6-2)19-16(13)21-14/h5-9H2,1-4H3,(H,17,20). The second-order valence-corrected chi connectivity index (χ2v) is 6.28. The number of rotatable bonds is 6. The van der Waals surface area contributed by atoms with E-state index >= 15 is 0 Å². The number of carbonyl (C=O) groups is 1. The number of hydrogen-bond donors (Lipinski definition) is 1. The van der Waals surface area contributed by atoms with Crippen LogP contribution in [0.1, 0.15) is 59.9 Å². The van der Waals surface area contributed by atoms with E-state index in [1.807, 2.05) is 20.8 Å². The minimum Gasteiger partial charge on any atom is -0.351 e. The molecule has 2 aromatic heterocycles. The monoisotopic (exact) mass is 305 g/mol. The summed E-state index contributed by atoms with van der Waals surface area (Å²) >= 11 is 1.48. The highest BCUT2D eigenvalue weighted by molar-refractivity contribution is 7.20. The van der Waals surface area contributed by atoms with Crippen molar-refractivity contribution in [2.75, 3.05) is 6.54 Å². The first-order valence-electron chi connectivity index (χ1n) is 7.63. The lowest BCUT2D eigenvalue weighted by Crippen LogP contribution is -2.24. The van der Waals surface area contributed by atoms with E-state index in [0.717, 1.165) is 64.4 Å². The van der Waals surface area contributed by atoms with Crippen LogP contribution in [-0.4, -0.2) is 22.4 Å². The van der Waals surface area contributed by atoms with Crippen LogP contribution in [0.15, 0.2) is 0 Å². The van der Waals surface area contributed by atoms with Crippen molar-refractivity contribution in [1.82, 2.24) is 15.3 Å². The molecular formula is C16H23N3OS. The summed E-state index contributed by atoms with van der Waals surface area (Å²) in [5.41, 5.74) is 1.97. The first kappa shape index (κ1) is 15.9. The number of thiophene rings is 1. The average Bonchev–Trinajstić information content (AvgIpc) is 2.81. The Morgan fingerprint density at radius 3 is 2.62 bits per heavy atom. The zero-order valence-corrected chi connectivity index (χ0v) is 14.1. The second kappa shape index (κ2) is 6.98. The third-order valence-corrected chi connectivity index (χ3v) is 4.79. The van der Waals surface area contributed by atoms with E-state index in [-0.39, 0.29) is 5.91 Å². The molecule has 0 radical (unpaired) electrons. The molecule has 1 N–H and O–H groups in total. The third kappa shape index (κ3) is 3.40. The van der Waals surface area contributed by atoms with E-state index in [1.165, 1.54) is 11.3 Å². The molecule has 114 valence electrons. The molecule has 1 amide bonds. The fourth-order valence-electron chi connectivity index (χ4n) is 2.43. The zero-order chi connectivity index (χ0) is 15.4. The van der Waals surface area contributed by atoms with Gasteiger partial charge in [0.05, 0.1) is 4.88 Å². The Balaban J connectivity index is 2.26. The van der Waals surface area contributed by atoms with Crippen LogP contribution < -0.4 is 5.32 Å². The Labute approximate surface area is 130 Å². The first-order chi connectivity index (χ1) is 10.1. The van der Waals surface area contributed by atoms with Gasteiger partial charge < -0.3 is 5.32 Å². The number of aromatic nitrogens is 2. The smallest absolute Gasteiger partial charge is 0.261 e. The summed E-state index contributed by atoms with van der Waals surface area (Å²) < 4.78 is 0. The highest BCUT2D eigenvalue weighted by Gasteiger charge is 2.18. The van der Waals surface area contributed by atoms with E-state index < -0.39 is 0 Å². The summed E-state index contributed by atoms with van der Waals surface area (Å²) in [6.07, 6.45) is 4.15. The maximum atomic E-state index is 12.3. The highest BCUT2D eigenvalue weighted by Crippen LogP contribution is 2.31. The normalized spacial score (nSPS) is 11.0. The summed E-state index contributed by atoms with van der Waals surface area (Å²) in [6.45, 7) is 8.92. The minimum absolute atomic E-state index is 0.0176. The van der Waals surface area contributed by atoms with Gasteiger partial charge in [0.15, 0.2) is 0 Å². The summed E-state index contributed by atoms with van der Waals surface area (Å²) in [5.74, 6) is 0.861. The van der Waals surface area contributed by atoms with Gasteiger partial charge in [-0.3, -0.25) is 4.79 Å². The summed E-state index contributed by atoms with van der Waals surface area (Å²) in [4.78, 5) is 23.1. The molecule has 0 aliphatic heterocycles. The van der Waals surface area contributed by atoms with Crippen molar-refractivity contribution in [2.45, 2.75) is 53.4 Å². The SMILES string of the molecule is CCCCCNC(=O)c1sc2nc(CC)nc(C)c2c1C. The van der Waals surface area contributed by atoms with Crippen LogP contribution in [0.5, 0.6) is 0 Å². The van der Waals surface area contributed by atoms with Crippen molar-refractivity contribution in [1.29, 1.82) is 0 Å². The minimum atomic E-state index is 0.0176. The quantitative estimate of drug-likeness (QED) is 0.826. The van der Waals surface area contributed by atoms with Crippen molar-refractivity contribution < 1.29 is 4.79 Å². The molecule has 4 nitrogen and oxygen atoms in total. The van der Waals surface area contributed by atoms with Gasteiger partial charge in [-0.2, -0.15) is 0 Å². The number of aryl methyl sites for hydroxylation is 3. The Kier molecular flexibility index (Phi) is 5.28. The van der Waals surface area contributed by atoms with E-state index in [1.54, 1.807) is 0 Å². The van der Waals surface area contributed by atoms with Gasteiger partial charge in [0.25, 0.3) is 5.91 Å². The van der Waals surface area contributed by atoms with E-state index in [4.69, 9.17) is 0 Å². The van der Waals surface area contributed by atoms with Gasteiger partial charge in [0.2, 0.25) is 0 Å². The lowest BCUT2D eigenvalue weighted by Gasteiger charge is -2.03. The van der Waals surface area contributed by atoms with Crippen molar-refractivity contribution in [2.24, 2.45) is 0 Å². The number of carbonyl (C=O) groups excluding carboxylic acids is 1. The lowest BCUT2D eigenvalue weighted by molar-refractivity contribution is 0.0956. The highest BCUT2D eigenvalue weighted by atomic mass is 32.1. The molecule has 0 atom stereocenters. The van der Waals surface area contributed by atoms with Gasteiger partial charge in [-0.05, 0) is 25.8 Å². The molecule has 2 heterocycles. The number of unbranched alkanes of at least 4 members (excludes halogenated alkanes) is 2. The molecular weight excluding hydrogens is 282 g/mol. The molecule has 0 saturated heterocycles. The summed E-state index contributed by atoms with van der Waals surface area (Å²) in [7, 11) is 0. The molecule has 0 saturated carbocycles. The van der Waals surface area contributed by atoms with E-state index in [0.29, 0.717) is 0 Å². The Morgan fingerprint density at radius 2 is 1.95 bits per heavy atom. The number of fused-ring (bicyclic) bond motifs is 1. The molecule has 0 unspecified atom stereocenters. The third-order valence-electron chi connectivity index (χ3n) is 3.61. The van der Waals surface area contributed by atoms with E-state index in [2.05, 4.69) is 22.2 Å². The van der Waals surface area contributed by atoms with Crippen molar-refractivity contribution in [3.05, 3.63) is 22.0 Å². The fraction of sp³-hybridized carbons (Fsp3) is 0.562. The summed E-state index contributed by atoms with van der Waals surface area (Å²) in [6, 6.07) is 0. The van der Waals surface area contributed by atoms with Crippen LogP contribution in [0, 0.1) is 13.8 Å². The molecule has 0 bridgehead atoms. The van der Waals surface area contributed by atoms with Crippen LogP contribution in [0.25, 0.3) is 10.2 Å². The zero-order valence-electron chi connectivity index (χ0n) is 13.2.